The molecular weight excluding hydrogens is 661 g/mol. The van der Waals surface area contributed by atoms with Crippen LogP contribution in [-0.4, -0.2) is 67.0 Å². The molecule has 0 aliphatic heterocycles. The summed E-state index contributed by atoms with van der Waals surface area (Å²) in [6.45, 7) is 24.9. The molecule has 0 aromatic heterocycles. The molecule has 0 saturated heterocycles. The molecule has 5 unspecified atom stereocenters. The van der Waals surface area contributed by atoms with Crippen molar-refractivity contribution >= 4 is 26.5 Å². The lowest BCUT2D eigenvalue weighted by Crippen LogP contribution is -2.55. The Kier molecular flexibility index (Phi) is 15.8. The van der Waals surface area contributed by atoms with Gasteiger partial charge in [-0.25, -0.2) is 8.42 Å². The first-order chi connectivity index (χ1) is 22.6. The average Bonchev–Trinajstić information content (AvgIpc) is 3.30. The highest BCUT2D eigenvalue weighted by atomic mass is 32.2. The van der Waals surface area contributed by atoms with Crippen LogP contribution in [0.2, 0.25) is 36.3 Å². The molecule has 1 saturated carbocycles. The molecule has 49 heavy (non-hydrogen) atoms. The van der Waals surface area contributed by atoms with E-state index >= 15 is 8.42 Å². The molecule has 0 heterocycles. The third-order valence-electron chi connectivity index (χ3n) is 11.6. The number of allylic oxidation sites excluding steroid dienone is 2. The molecule has 6 nitrogen and oxygen atoms in total. The molecule has 2 rings (SSSR count). The molecule has 1 aromatic rings. The SMILES string of the molecule is CCCCCC(C=CC1C(O[Si](C)(C)C(C)(C)C)CC(N(C)C)C1(CC=CCCCC#N)S(=O)(=O)c1ccccc1)O[Si](C)(C)C(C)(C)C. The van der Waals surface area contributed by atoms with Crippen molar-refractivity contribution in [3.63, 3.8) is 0 Å². The highest BCUT2D eigenvalue weighted by molar-refractivity contribution is 7.93. The second kappa shape index (κ2) is 17.8. The molecule has 0 N–H and O–H groups in total. The molecule has 1 aliphatic rings. The summed E-state index contributed by atoms with van der Waals surface area (Å²) in [7, 11) is -4.27. The van der Waals surface area contributed by atoms with Crippen LogP contribution in [0.1, 0.15) is 106 Å². The van der Waals surface area contributed by atoms with Gasteiger partial charge >= 0.3 is 0 Å². The van der Waals surface area contributed by atoms with E-state index in [1.807, 2.05) is 32.3 Å². The smallest absolute Gasteiger partial charge is 0.192 e. The van der Waals surface area contributed by atoms with Crippen LogP contribution in [0.25, 0.3) is 0 Å². The van der Waals surface area contributed by atoms with Crippen molar-refractivity contribution in [2.45, 2.75) is 170 Å². The second-order valence-electron chi connectivity index (χ2n) is 17.5. The van der Waals surface area contributed by atoms with Gasteiger partial charge < -0.3 is 13.8 Å². The van der Waals surface area contributed by atoms with E-state index in [4.69, 9.17) is 14.1 Å². The zero-order valence-corrected chi connectivity index (χ0v) is 36.1. The first kappa shape index (κ1) is 43.6. The molecule has 0 bridgehead atoms. The van der Waals surface area contributed by atoms with E-state index in [0.717, 1.165) is 38.5 Å². The van der Waals surface area contributed by atoms with Crippen LogP contribution >= 0.6 is 0 Å². The number of unbranched alkanes of at least 4 members (excludes halogenated alkanes) is 4. The molecule has 9 heteroatoms. The Balaban J connectivity index is 2.90. The maximum atomic E-state index is 15.4. The van der Waals surface area contributed by atoms with E-state index < -0.39 is 37.1 Å². The van der Waals surface area contributed by atoms with Crippen molar-refractivity contribution in [2.24, 2.45) is 5.92 Å². The number of nitrogens with zero attached hydrogens (tertiary/aromatic N) is 2. The van der Waals surface area contributed by atoms with Crippen LogP contribution in [0.3, 0.4) is 0 Å². The van der Waals surface area contributed by atoms with Gasteiger partial charge in [-0.3, -0.25) is 0 Å². The lowest BCUT2D eigenvalue weighted by atomic mass is 9.86. The third kappa shape index (κ3) is 10.7. The zero-order chi connectivity index (χ0) is 37.3. The number of nitriles is 1. The summed E-state index contributed by atoms with van der Waals surface area (Å²) in [5.41, 5.74) is 0. The Morgan fingerprint density at radius 1 is 0.980 bits per heavy atom. The van der Waals surface area contributed by atoms with Gasteiger partial charge in [0.1, 0.15) is 4.75 Å². The third-order valence-corrected chi connectivity index (χ3v) is 23.2. The zero-order valence-electron chi connectivity index (χ0n) is 33.3. The highest BCUT2D eigenvalue weighted by Gasteiger charge is 2.63. The Morgan fingerprint density at radius 3 is 2.12 bits per heavy atom. The van der Waals surface area contributed by atoms with Crippen LogP contribution in [0.5, 0.6) is 0 Å². The summed E-state index contributed by atoms with van der Waals surface area (Å²) >= 11 is 0. The summed E-state index contributed by atoms with van der Waals surface area (Å²) in [5.74, 6) is -0.403. The van der Waals surface area contributed by atoms with Gasteiger partial charge in [-0.2, -0.15) is 5.26 Å². The average molecular weight is 731 g/mol. The minimum atomic E-state index is -3.89. The largest absolute Gasteiger partial charge is 0.413 e. The molecule has 5 atom stereocenters. The molecular formula is C40H70N2O4SSi2. The second-order valence-corrected chi connectivity index (χ2v) is 29.2. The number of benzene rings is 1. The molecule has 1 aliphatic carbocycles. The van der Waals surface area contributed by atoms with Crippen molar-refractivity contribution in [3.05, 3.63) is 54.6 Å². The normalized spacial score (nSPS) is 23.5. The molecule has 0 radical (unpaired) electrons. The van der Waals surface area contributed by atoms with Gasteiger partial charge in [0.05, 0.1) is 23.2 Å². The van der Waals surface area contributed by atoms with Gasteiger partial charge in [0.15, 0.2) is 26.5 Å². The summed E-state index contributed by atoms with van der Waals surface area (Å²) in [5, 5.41) is 9.10. The molecule has 278 valence electrons. The summed E-state index contributed by atoms with van der Waals surface area (Å²) in [4.78, 5) is 2.47. The minimum Gasteiger partial charge on any atom is -0.413 e. The predicted octanol–water partition coefficient (Wildman–Crippen LogP) is 10.7. The fraction of sp³-hybridized carbons (Fsp3) is 0.725. The van der Waals surface area contributed by atoms with E-state index in [9.17, 15) is 0 Å². The topological polar surface area (TPSA) is 79.6 Å². The van der Waals surface area contributed by atoms with Crippen molar-refractivity contribution in [3.8, 4) is 6.07 Å². The Bertz CT molecular complexity index is 1370. The van der Waals surface area contributed by atoms with E-state index in [2.05, 4.69) is 110 Å². The molecule has 0 spiro atoms. The van der Waals surface area contributed by atoms with Crippen LogP contribution < -0.4 is 0 Å². The van der Waals surface area contributed by atoms with Gasteiger partial charge in [-0.15, -0.1) is 0 Å². The Morgan fingerprint density at radius 2 is 1.59 bits per heavy atom. The van der Waals surface area contributed by atoms with Crippen molar-refractivity contribution < 1.29 is 17.3 Å². The fourth-order valence-corrected chi connectivity index (χ4v) is 11.7. The predicted molar refractivity (Wildman–Crippen MR) is 213 cm³/mol. The first-order valence-electron chi connectivity index (χ1n) is 18.6. The summed E-state index contributed by atoms with van der Waals surface area (Å²) < 4.78 is 43.9. The fourth-order valence-electron chi connectivity index (χ4n) is 6.55. The van der Waals surface area contributed by atoms with Crippen molar-refractivity contribution in [1.82, 2.24) is 4.90 Å². The van der Waals surface area contributed by atoms with Crippen LogP contribution in [0.15, 0.2) is 59.5 Å². The number of sulfone groups is 1. The summed E-state index contributed by atoms with van der Waals surface area (Å²) in [6.07, 6.45) is 15.4. The van der Waals surface area contributed by atoms with Gasteiger partial charge in [0.2, 0.25) is 0 Å². The maximum absolute atomic E-state index is 15.4. The van der Waals surface area contributed by atoms with E-state index in [-0.39, 0.29) is 28.3 Å². The Hall–Kier alpha value is -1.55. The monoisotopic (exact) mass is 730 g/mol. The van der Waals surface area contributed by atoms with Crippen LogP contribution in [0, 0.1) is 17.2 Å². The van der Waals surface area contributed by atoms with E-state index in [1.54, 1.807) is 12.1 Å². The molecule has 1 fully saturated rings. The highest BCUT2D eigenvalue weighted by Crippen LogP contribution is 2.53. The van der Waals surface area contributed by atoms with E-state index in [1.165, 1.54) is 0 Å². The van der Waals surface area contributed by atoms with Gasteiger partial charge in [0, 0.05) is 18.4 Å². The lowest BCUT2D eigenvalue weighted by Gasteiger charge is -2.43. The van der Waals surface area contributed by atoms with Gasteiger partial charge in [-0.1, -0.05) is 110 Å². The minimum absolute atomic E-state index is 0.0345. The number of rotatable bonds is 18. The van der Waals surface area contributed by atoms with Crippen molar-refractivity contribution in [2.75, 3.05) is 14.1 Å². The Labute approximate surface area is 303 Å². The van der Waals surface area contributed by atoms with Crippen LogP contribution in [0.4, 0.5) is 0 Å². The standard InChI is InChI=1S/C40H70N2O4SSi2/c1-14-15-20-25-33(45-48(10,11)38(2,3)4)28-29-35-36(46-49(12,13)39(5,6)7)32-37(42(8)9)40(35,30-23-17-16-18-24-31-41)47(43,44)34-26-21-19-22-27-34/h17,19,21-23,26-29,33,35-37H,14-16,18,20,24-25,30,32H2,1-13H3. The van der Waals surface area contributed by atoms with Crippen molar-refractivity contribution in [1.29, 1.82) is 5.26 Å². The van der Waals surface area contributed by atoms with Crippen LogP contribution in [-0.2, 0) is 18.7 Å². The number of hydrogen-bond acceptors (Lipinski definition) is 6. The lowest BCUT2D eigenvalue weighted by molar-refractivity contribution is 0.149. The van der Waals surface area contributed by atoms with Gasteiger partial charge in [0.25, 0.3) is 0 Å². The maximum Gasteiger partial charge on any atom is 0.192 e. The number of hydrogen-bond donors (Lipinski definition) is 0. The summed E-state index contributed by atoms with van der Waals surface area (Å²) in [6, 6.07) is 11.0. The molecule has 1 aromatic carbocycles. The van der Waals surface area contributed by atoms with Gasteiger partial charge in [-0.05, 0) is 94.6 Å². The first-order valence-corrected chi connectivity index (χ1v) is 25.9. The molecule has 0 amide bonds. The van der Waals surface area contributed by atoms with E-state index in [0.29, 0.717) is 24.2 Å². The quantitative estimate of drug-likeness (QED) is 0.0850.